The normalized spacial score (nSPS) is 20.0. The number of aromatic nitrogens is 4. The van der Waals surface area contributed by atoms with Crippen molar-refractivity contribution < 1.29 is 19.4 Å². The minimum atomic E-state index is -0.716. The topological polar surface area (TPSA) is 167 Å². The van der Waals surface area contributed by atoms with Gasteiger partial charge in [-0.25, -0.2) is 19.9 Å². The maximum absolute atomic E-state index is 13.2. The summed E-state index contributed by atoms with van der Waals surface area (Å²) in [6.45, 7) is 5.46. The molecule has 3 atom stereocenters. The highest BCUT2D eigenvalue weighted by atomic mass is 79.9. The summed E-state index contributed by atoms with van der Waals surface area (Å²) in [5.74, 6) is 0.857. The summed E-state index contributed by atoms with van der Waals surface area (Å²) in [6.07, 6.45) is 11.5. The van der Waals surface area contributed by atoms with E-state index in [1.807, 2.05) is 17.3 Å². The monoisotopic (exact) mass is 967 g/mol. The number of thiophene rings is 2. The van der Waals surface area contributed by atoms with E-state index in [9.17, 15) is 14.7 Å². The van der Waals surface area contributed by atoms with Crippen LogP contribution in [0.3, 0.4) is 0 Å². The predicted octanol–water partition coefficient (Wildman–Crippen LogP) is 8.80. The molecule has 1 fully saturated rings. The molecule has 0 bridgehead atoms. The Bertz CT molecular complexity index is 2790. The Morgan fingerprint density at radius 2 is 1.32 bits per heavy atom. The molecule has 1 amide bonds. The van der Waals surface area contributed by atoms with Crippen LogP contribution >= 0.6 is 54.5 Å². The van der Waals surface area contributed by atoms with E-state index >= 15 is 0 Å². The molecule has 0 spiro atoms. The summed E-state index contributed by atoms with van der Waals surface area (Å²) in [5, 5.41) is 18.4. The van der Waals surface area contributed by atoms with Crippen LogP contribution in [0.5, 0.6) is 0 Å². The molecule has 11 rings (SSSR count). The van der Waals surface area contributed by atoms with Gasteiger partial charge in [-0.2, -0.15) is 0 Å². The van der Waals surface area contributed by atoms with Crippen molar-refractivity contribution in [3.63, 3.8) is 0 Å². The zero-order chi connectivity index (χ0) is 41.1. The van der Waals surface area contributed by atoms with Crippen molar-refractivity contribution in [3.8, 4) is 0 Å². The first-order chi connectivity index (χ1) is 29.2. The van der Waals surface area contributed by atoms with E-state index in [0.29, 0.717) is 32.6 Å². The molecule has 6 aromatic rings. The Kier molecular flexibility index (Phi) is 10.7. The Labute approximate surface area is 370 Å². The van der Waals surface area contributed by atoms with Crippen molar-refractivity contribution in [2.24, 2.45) is 21.8 Å². The molecule has 0 radical (unpaired) electrons. The number of hydrogen-bond acceptors (Lipinski definition) is 13. The lowest BCUT2D eigenvalue weighted by Crippen LogP contribution is -2.50. The number of aliphatic imine (C=N–C) groups is 2. The van der Waals surface area contributed by atoms with Crippen LogP contribution in [-0.2, 0) is 53.1 Å². The van der Waals surface area contributed by atoms with E-state index in [4.69, 9.17) is 4.74 Å². The molecule has 4 aromatic heterocycles. The van der Waals surface area contributed by atoms with Crippen LogP contribution in [0.25, 0.3) is 20.4 Å². The van der Waals surface area contributed by atoms with Crippen molar-refractivity contribution in [1.29, 1.82) is 0 Å². The molecule has 13 nitrogen and oxygen atoms in total. The third kappa shape index (κ3) is 7.41. The number of halogens is 2. The number of hydrogen-bond donors (Lipinski definition) is 3. The first kappa shape index (κ1) is 39.5. The van der Waals surface area contributed by atoms with Gasteiger partial charge in [0.15, 0.2) is 0 Å². The highest BCUT2D eigenvalue weighted by Crippen LogP contribution is 2.43. The first-order valence-electron chi connectivity index (χ1n) is 20.0. The van der Waals surface area contributed by atoms with Gasteiger partial charge in [0.1, 0.15) is 34.0 Å². The van der Waals surface area contributed by atoms with Crippen LogP contribution in [0.15, 0.2) is 55.9 Å². The number of anilines is 4. The van der Waals surface area contributed by atoms with Crippen LogP contribution in [0, 0.1) is 11.8 Å². The molecule has 60 heavy (non-hydrogen) atoms. The van der Waals surface area contributed by atoms with E-state index < -0.39 is 5.97 Å². The number of carboxylic acids is 1. The zero-order valence-electron chi connectivity index (χ0n) is 32.5. The van der Waals surface area contributed by atoms with Gasteiger partial charge in [-0.3, -0.25) is 19.6 Å². The largest absolute Gasteiger partial charge is 0.481 e. The number of ether oxygens (including phenoxy) is 1. The molecule has 1 saturated heterocycles. The molecule has 0 unspecified atom stereocenters. The number of rotatable bonds is 6. The van der Waals surface area contributed by atoms with E-state index in [-0.39, 0.29) is 23.8 Å². The summed E-state index contributed by atoms with van der Waals surface area (Å²) in [5.41, 5.74) is 9.05. The van der Waals surface area contributed by atoms with Crippen LogP contribution in [0.4, 0.5) is 23.0 Å². The molecule has 5 aliphatic rings. The minimum Gasteiger partial charge on any atom is -0.481 e. The van der Waals surface area contributed by atoms with Crippen LogP contribution in [0.2, 0.25) is 0 Å². The highest BCUT2D eigenvalue weighted by Gasteiger charge is 2.34. The van der Waals surface area contributed by atoms with Crippen molar-refractivity contribution in [3.05, 3.63) is 89.0 Å². The zero-order valence-corrected chi connectivity index (χ0v) is 37.3. The maximum atomic E-state index is 13.2. The Morgan fingerprint density at radius 3 is 1.85 bits per heavy atom. The van der Waals surface area contributed by atoms with Crippen LogP contribution in [0.1, 0.15) is 62.9 Å². The van der Waals surface area contributed by atoms with Gasteiger partial charge in [0.25, 0.3) is 0 Å². The predicted molar refractivity (Wildman–Crippen MR) is 243 cm³/mol. The molecular formula is C43H39Br2N9O4S2. The van der Waals surface area contributed by atoms with Gasteiger partial charge in [0.2, 0.25) is 5.91 Å². The van der Waals surface area contributed by atoms with Crippen molar-refractivity contribution >= 4 is 122 Å². The number of aryl methyl sites for hydroxylation is 2. The van der Waals surface area contributed by atoms with E-state index in [1.54, 1.807) is 35.3 Å². The Hall–Kier alpha value is -4.68. The number of benzene rings is 2. The SMILES string of the molecule is C[C@H]1COCCN1C(=O)[C@H]1CCc2c(sc3ncnc(Nc4cc5c(cc4Br)CN=C5)c23)C1.O=C(O)[C@H]1CCc2c(sc3ncnc(Nc4cc5c(cc4Br)CN=C5)c23)C1. The number of aliphatic carboxylic acids is 1. The molecule has 7 heterocycles. The number of nitrogens with zero attached hydrogens (tertiary/aromatic N) is 7. The summed E-state index contributed by atoms with van der Waals surface area (Å²) < 4.78 is 7.48. The molecule has 0 saturated carbocycles. The van der Waals surface area contributed by atoms with Crippen molar-refractivity contribution in [1.82, 2.24) is 24.8 Å². The number of amides is 1. The van der Waals surface area contributed by atoms with Gasteiger partial charge < -0.3 is 25.4 Å². The summed E-state index contributed by atoms with van der Waals surface area (Å²) in [7, 11) is 0. The Balaban J connectivity index is 0.000000147. The number of nitrogens with one attached hydrogen (secondary N) is 2. The summed E-state index contributed by atoms with van der Waals surface area (Å²) >= 11 is 10.6. The second kappa shape index (κ2) is 16.3. The molecular weight excluding hydrogens is 930 g/mol. The highest BCUT2D eigenvalue weighted by molar-refractivity contribution is 9.11. The van der Waals surface area contributed by atoms with Gasteiger partial charge in [-0.1, -0.05) is 0 Å². The van der Waals surface area contributed by atoms with E-state index in [0.717, 1.165) is 107 Å². The second-order valence-corrected chi connectivity index (χ2v) is 19.6. The lowest BCUT2D eigenvalue weighted by molar-refractivity contribution is -0.144. The van der Waals surface area contributed by atoms with Gasteiger partial charge in [-0.05, 0) is 135 Å². The van der Waals surface area contributed by atoms with Crippen LogP contribution < -0.4 is 10.6 Å². The average molecular weight is 970 g/mol. The molecule has 2 aliphatic carbocycles. The molecule has 3 N–H and O–H groups in total. The van der Waals surface area contributed by atoms with Crippen LogP contribution in [-0.4, -0.2) is 80.0 Å². The van der Waals surface area contributed by atoms with E-state index in [1.165, 1.54) is 27.1 Å². The number of carbonyl (C=O) groups excluding carboxylic acids is 1. The lowest BCUT2D eigenvalue weighted by atomic mass is 9.86. The standard InChI is InChI=1S/C24H24BrN5O2S.C19H15BrN4O2S/c1-13-11-32-5-4-30(13)24(31)14-2-3-17-20(8-14)33-23-21(17)22(27-12-28-23)29-19-7-16-10-26-9-15(16)6-18(19)25;20-13-3-10-6-21-7-11(10)4-14(13)24-17-16-12-2-1-9(19(25)26)5-15(12)27-18(16)23-8-22-17/h6-7,10,12-14H,2-5,8-9,11H2,1H3,(H,27,28,29);3-4,7-9H,1-2,5-6H2,(H,25,26)(H,22,23,24)/t13-,14-;9-/m00/s1. The quantitative estimate of drug-likeness (QED) is 0.147. The fourth-order valence-corrected chi connectivity index (χ4v) is 12.3. The molecule has 306 valence electrons. The fraction of sp³-hybridized carbons (Fsp3) is 0.349. The third-order valence-electron chi connectivity index (χ3n) is 12.0. The van der Waals surface area contributed by atoms with Gasteiger partial charge in [0.05, 0.1) is 60.4 Å². The number of carbonyl (C=O) groups is 2. The molecule has 2 aromatic carbocycles. The smallest absolute Gasteiger partial charge is 0.306 e. The summed E-state index contributed by atoms with van der Waals surface area (Å²) in [4.78, 5) is 57.6. The lowest BCUT2D eigenvalue weighted by Gasteiger charge is -2.36. The fourth-order valence-electron chi connectivity index (χ4n) is 8.83. The maximum Gasteiger partial charge on any atom is 0.306 e. The molecule has 17 heteroatoms. The van der Waals surface area contributed by atoms with Gasteiger partial charge in [0, 0.05) is 43.6 Å². The third-order valence-corrected chi connectivity index (χ3v) is 15.6. The number of fused-ring (bicyclic) bond motifs is 8. The number of carboxylic acid groups (broad SMARTS) is 1. The minimum absolute atomic E-state index is 0.0284. The first-order valence-corrected chi connectivity index (χ1v) is 23.2. The van der Waals surface area contributed by atoms with Gasteiger partial charge >= 0.3 is 5.97 Å². The van der Waals surface area contributed by atoms with E-state index in [2.05, 4.69) is 104 Å². The van der Waals surface area contributed by atoms with Gasteiger partial charge in [-0.15, -0.1) is 22.7 Å². The van der Waals surface area contributed by atoms with Crippen molar-refractivity contribution in [2.45, 2.75) is 64.6 Å². The van der Waals surface area contributed by atoms with Crippen molar-refractivity contribution in [2.75, 3.05) is 30.4 Å². The Morgan fingerprint density at radius 1 is 0.783 bits per heavy atom. The molecule has 3 aliphatic heterocycles. The average Bonchev–Trinajstić information content (AvgIpc) is 4.06. The summed E-state index contributed by atoms with van der Waals surface area (Å²) in [6, 6.07) is 8.54. The number of morpholine rings is 1. The second-order valence-electron chi connectivity index (χ2n) is 15.7.